The maximum atomic E-state index is 13.1. The van der Waals surface area contributed by atoms with E-state index in [0.717, 1.165) is 32.8 Å². The van der Waals surface area contributed by atoms with E-state index in [1.165, 1.54) is 15.9 Å². The van der Waals surface area contributed by atoms with Crippen LogP contribution in [0.4, 0.5) is 0 Å². The number of fused-ring (bicyclic) bond motifs is 3. The Labute approximate surface area is 177 Å². The molecule has 0 aliphatic heterocycles. The van der Waals surface area contributed by atoms with Gasteiger partial charge in [0.25, 0.3) is 5.56 Å². The lowest BCUT2D eigenvalue weighted by atomic mass is 10.1. The van der Waals surface area contributed by atoms with E-state index in [1.807, 2.05) is 44.2 Å². The number of amides is 1. The Morgan fingerprint density at radius 1 is 1.17 bits per heavy atom. The number of nitrogens with one attached hydrogen (secondary N) is 1. The van der Waals surface area contributed by atoms with Crippen molar-refractivity contribution in [2.45, 2.75) is 33.9 Å². The number of aryl methyl sites for hydroxylation is 3. The summed E-state index contributed by atoms with van der Waals surface area (Å²) in [5.74, 6) is 1.02. The summed E-state index contributed by atoms with van der Waals surface area (Å²) >= 11 is 1.33. The second-order valence-corrected chi connectivity index (χ2v) is 8.21. The maximum Gasteiger partial charge on any atom is 0.272 e. The van der Waals surface area contributed by atoms with Crippen LogP contribution in [0.5, 0.6) is 5.75 Å². The quantitative estimate of drug-likeness (QED) is 0.534. The lowest BCUT2D eigenvalue weighted by molar-refractivity contribution is -0.121. The molecule has 154 valence electrons. The molecule has 1 N–H and O–H groups in total. The van der Waals surface area contributed by atoms with Gasteiger partial charge in [0.05, 0.1) is 12.6 Å². The fourth-order valence-corrected chi connectivity index (χ4v) is 4.68. The van der Waals surface area contributed by atoms with Gasteiger partial charge in [-0.3, -0.25) is 14.2 Å². The molecule has 4 rings (SSSR count). The number of pyridine rings is 1. The summed E-state index contributed by atoms with van der Waals surface area (Å²) < 4.78 is 7.08. The van der Waals surface area contributed by atoms with Crippen LogP contribution in [-0.4, -0.2) is 27.6 Å². The molecule has 0 aliphatic rings. The Kier molecular flexibility index (Phi) is 5.26. The van der Waals surface area contributed by atoms with Crippen LogP contribution in [0.2, 0.25) is 0 Å². The van der Waals surface area contributed by atoms with E-state index in [-0.39, 0.29) is 18.0 Å². The Morgan fingerprint density at radius 2 is 1.90 bits per heavy atom. The highest BCUT2D eigenvalue weighted by atomic mass is 32.1. The minimum Gasteiger partial charge on any atom is -0.497 e. The molecule has 30 heavy (non-hydrogen) atoms. The number of thiophene rings is 1. The minimum absolute atomic E-state index is 0.0799. The predicted octanol–water partition coefficient (Wildman–Crippen LogP) is 3.26. The summed E-state index contributed by atoms with van der Waals surface area (Å²) in [5, 5.41) is 3.77. The molecule has 8 heteroatoms. The summed E-state index contributed by atoms with van der Waals surface area (Å²) in [4.78, 5) is 35.6. The molecule has 0 spiro atoms. The number of hydrogen-bond donors (Lipinski definition) is 1. The van der Waals surface area contributed by atoms with Gasteiger partial charge in [-0.15, -0.1) is 11.3 Å². The van der Waals surface area contributed by atoms with E-state index in [9.17, 15) is 9.59 Å². The molecule has 0 radical (unpaired) electrons. The molecule has 1 aromatic carbocycles. The highest BCUT2D eigenvalue weighted by molar-refractivity contribution is 7.25. The molecule has 0 saturated carbocycles. The lowest BCUT2D eigenvalue weighted by Gasteiger charge is -2.10. The normalized spacial score (nSPS) is 11.2. The largest absolute Gasteiger partial charge is 0.497 e. The van der Waals surface area contributed by atoms with Gasteiger partial charge in [-0.25, -0.2) is 9.97 Å². The summed E-state index contributed by atoms with van der Waals surface area (Å²) in [6.45, 7) is 5.97. The Bertz CT molecular complexity index is 1320. The van der Waals surface area contributed by atoms with Gasteiger partial charge in [0, 0.05) is 17.6 Å². The van der Waals surface area contributed by atoms with Crippen molar-refractivity contribution in [2.24, 2.45) is 0 Å². The molecule has 0 aliphatic carbocycles. The standard InChI is InChI=1S/C22H22N4O3S/c1-12-9-13(2)24-21-18(12)19-20(30-21)22(28)26(14(3)25-19)11-17(27)23-10-15-5-7-16(29-4)8-6-15/h5-9H,10-11H2,1-4H3,(H,23,27). The van der Waals surface area contributed by atoms with Gasteiger partial charge in [0.2, 0.25) is 5.91 Å². The summed E-state index contributed by atoms with van der Waals surface area (Å²) in [6.07, 6.45) is 0. The van der Waals surface area contributed by atoms with Crippen molar-refractivity contribution < 1.29 is 9.53 Å². The topological polar surface area (TPSA) is 86.1 Å². The van der Waals surface area contributed by atoms with E-state index in [4.69, 9.17) is 4.74 Å². The van der Waals surface area contributed by atoms with Gasteiger partial charge < -0.3 is 10.1 Å². The van der Waals surface area contributed by atoms with Gasteiger partial charge in [0.1, 0.15) is 27.6 Å². The Hall–Kier alpha value is -3.26. The van der Waals surface area contributed by atoms with Crippen LogP contribution in [0.3, 0.4) is 0 Å². The van der Waals surface area contributed by atoms with E-state index in [1.54, 1.807) is 14.0 Å². The molecule has 0 unspecified atom stereocenters. The molecule has 3 aromatic heterocycles. The number of carbonyl (C=O) groups excluding carboxylic acids is 1. The maximum absolute atomic E-state index is 13.1. The van der Waals surface area contributed by atoms with E-state index >= 15 is 0 Å². The zero-order chi connectivity index (χ0) is 21.4. The third-order valence-corrected chi connectivity index (χ3v) is 6.08. The first kappa shape index (κ1) is 20.0. The molecule has 0 saturated heterocycles. The van der Waals surface area contributed by atoms with E-state index < -0.39 is 0 Å². The number of carbonyl (C=O) groups is 1. The summed E-state index contributed by atoms with van der Waals surface area (Å²) in [6, 6.07) is 9.45. The first-order chi connectivity index (χ1) is 14.4. The highest BCUT2D eigenvalue weighted by Crippen LogP contribution is 2.32. The fourth-order valence-electron chi connectivity index (χ4n) is 3.50. The molecule has 4 aromatic rings. The number of benzene rings is 1. The van der Waals surface area contributed by atoms with Crippen LogP contribution in [-0.2, 0) is 17.9 Å². The number of hydrogen-bond acceptors (Lipinski definition) is 6. The average molecular weight is 423 g/mol. The Balaban J connectivity index is 1.60. The van der Waals surface area contributed by atoms with Crippen LogP contribution in [0.25, 0.3) is 20.4 Å². The molecule has 0 bridgehead atoms. The van der Waals surface area contributed by atoms with E-state index in [2.05, 4.69) is 15.3 Å². The Morgan fingerprint density at radius 3 is 2.60 bits per heavy atom. The second-order valence-electron chi connectivity index (χ2n) is 7.22. The second kappa shape index (κ2) is 7.87. The van der Waals surface area contributed by atoms with Crippen molar-refractivity contribution in [2.75, 3.05) is 7.11 Å². The van der Waals surface area contributed by atoms with Crippen molar-refractivity contribution in [3.63, 3.8) is 0 Å². The van der Waals surface area contributed by atoms with Crippen LogP contribution in [0, 0.1) is 20.8 Å². The minimum atomic E-state index is -0.247. The first-order valence-corrected chi connectivity index (χ1v) is 10.4. The fraction of sp³-hybridized carbons (Fsp3) is 0.273. The zero-order valence-electron chi connectivity index (χ0n) is 17.3. The third-order valence-electron chi connectivity index (χ3n) is 5.02. The van der Waals surface area contributed by atoms with Crippen molar-refractivity contribution in [3.8, 4) is 5.75 Å². The average Bonchev–Trinajstić information content (AvgIpc) is 3.08. The van der Waals surface area contributed by atoms with Crippen molar-refractivity contribution in [1.29, 1.82) is 0 Å². The van der Waals surface area contributed by atoms with Crippen molar-refractivity contribution in [1.82, 2.24) is 19.9 Å². The van der Waals surface area contributed by atoms with Crippen LogP contribution in [0.1, 0.15) is 22.6 Å². The predicted molar refractivity (Wildman–Crippen MR) is 118 cm³/mol. The number of methoxy groups -OCH3 is 1. The molecule has 7 nitrogen and oxygen atoms in total. The van der Waals surface area contributed by atoms with Gasteiger partial charge >= 0.3 is 0 Å². The molecule has 3 heterocycles. The third kappa shape index (κ3) is 3.66. The van der Waals surface area contributed by atoms with Crippen LogP contribution >= 0.6 is 11.3 Å². The van der Waals surface area contributed by atoms with E-state index in [0.29, 0.717) is 22.6 Å². The highest BCUT2D eigenvalue weighted by Gasteiger charge is 2.18. The zero-order valence-corrected chi connectivity index (χ0v) is 18.1. The number of rotatable bonds is 5. The van der Waals surface area contributed by atoms with Crippen molar-refractivity contribution in [3.05, 3.63) is 63.3 Å². The molecule has 0 atom stereocenters. The molecular formula is C22H22N4O3S. The van der Waals surface area contributed by atoms with Crippen LogP contribution in [0.15, 0.2) is 35.1 Å². The molecule has 1 amide bonds. The monoisotopic (exact) mass is 422 g/mol. The van der Waals surface area contributed by atoms with Gasteiger partial charge in [-0.1, -0.05) is 12.1 Å². The molecule has 0 fully saturated rings. The molecular weight excluding hydrogens is 400 g/mol. The number of aromatic nitrogens is 3. The number of ether oxygens (including phenoxy) is 1. The SMILES string of the molecule is COc1ccc(CNC(=O)Cn2c(C)nc3c(sc4nc(C)cc(C)c43)c2=O)cc1. The first-order valence-electron chi connectivity index (χ1n) is 9.55. The van der Waals surface area contributed by atoms with Gasteiger partial charge in [-0.2, -0.15) is 0 Å². The summed E-state index contributed by atoms with van der Waals surface area (Å²) in [5.41, 5.74) is 3.35. The summed E-state index contributed by atoms with van der Waals surface area (Å²) in [7, 11) is 1.61. The van der Waals surface area contributed by atoms with Crippen molar-refractivity contribution >= 4 is 37.7 Å². The van der Waals surface area contributed by atoms with Gasteiger partial charge in [0.15, 0.2) is 0 Å². The van der Waals surface area contributed by atoms with Gasteiger partial charge in [-0.05, 0) is 50.1 Å². The number of nitrogens with zero attached hydrogens (tertiary/aromatic N) is 3. The lowest BCUT2D eigenvalue weighted by Crippen LogP contribution is -2.33. The smallest absolute Gasteiger partial charge is 0.272 e. The van der Waals surface area contributed by atoms with Crippen LogP contribution < -0.4 is 15.6 Å².